The summed E-state index contributed by atoms with van der Waals surface area (Å²) in [5, 5.41) is 3.22. The second kappa shape index (κ2) is 8.93. The van der Waals surface area contributed by atoms with Gasteiger partial charge >= 0.3 is 0 Å². The van der Waals surface area contributed by atoms with Crippen molar-refractivity contribution in [2.24, 2.45) is 0 Å². The number of ether oxygens (including phenoxy) is 1. The molecular formula is C16H27FN2O. The van der Waals surface area contributed by atoms with Crippen LogP contribution < -0.4 is 10.2 Å². The molecule has 0 bridgehead atoms. The summed E-state index contributed by atoms with van der Waals surface area (Å²) < 4.78 is 19.1. The van der Waals surface area contributed by atoms with Gasteiger partial charge in [-0.1, -0.05) is 19.9 Å². The number of rotatable bonds is 9. The van der Waals surface area contributed by atoms with E-state index in [1.165, 1.54) is 6.07 Å². The molecule has 0 radical (unpaired) electrons. The Morgan fingerprint density at radius 2 is 2.00 bits per heavy atom. The Labute approximate surface area is 122 Å². The van der Waals surface area contributed by atoms with Crippen LogP contribution in [0, 0.1) is 5.82 Å². The molecular weight excluding hydrogens is 255 g/mol. The number of halogens is 1. The number of anilines is 1. The van der Waals surface area contributed by atoms with Gasteiger partial charge in [-0.05, 0) is 25.0 Å². The Morgan fingerprint density at radius 1 is 1.30 bits per heavy atom. The highest BCUT2D eigenvalue weighted by atomic mass is 19.1. The lowest BCUT2D eigenvalue weighted by molar-refractivity contribution is 0.199. The van der Waals surface area contributed by atoms with Crippen molar-refractivity contribution in [2.45, 2.75) is 39.3 Å². The van der Waals surface area contributed by atoms with Crippen LogP contribution >= 0.6 is 0 Å². The van der Waals surface area contributed by atoms with Gasteiger partial charge < -0.3 is 15.0 Å². The Morgan fingerprint density at radius 3 is 2.60 bits per heavy atom. The summed E-state index contributed by atoms with van der Waals surface area (Å²) in [6.07, 6.45) is 2.11. The van der Waals surface area contributed by atoms with Gasteiger partial charge in [0.1, 0.15) is 5.82 Å². The summed E-state index contributed by atoms with van der Waals surface area (Å²) in [4.78, 5) is 2.19. The number of benzene rings is 1. The number of nitrogens with one attached hydrogen (secondary N) is 1. The van der Waals surface area contributed by atoms with Gasteiger partial charge in [0.15, 0.2) is 0 Å². The third kappa shape index (κ3) is 4.46. The molecule has 0 fully saturated rings. The monoisotopic (exact) mass is 282 g/mol. The summed E-state index contributed by atoms with van der Waals surface area (Å²) >= 11 is 0. The number of nitrogens with zero attached hydrogens (tertiary/aromatic N) is 1. The van der Waals surface area contributed by atoms with Crippen LogP contribution in [0.15, 0.2) is 18.2 Å². The van der Waals surface area contributed by atoms with Crippen molar-refractivity contribution >= 4 is 5.69 Å². The predicted octanol–water partition coefficient (Wildman–Crippen LogP) is 3.19. The topological polar surface area (TPSA) is 24.5 Å². The van der Waals surface area contributed by atoms with E-state index in [0.29, 0.717) is 19.2 Å². The van der Waals surface area contributed by atoms with Crippen LogP contribution in [0.25, 0.3) is 0 Å². The Kier molecular flexibility index (Phi) is 7.55. The molecule has 1 N–H and O–H groups in total. The summed E-state index contributed by atoms with van der Waals surface area (Å²) in [5.41, 5.74) is 1.71. The zero-order valence-corrected chi connectivity index (χ0v) is 13.1. The maximum absolute atomic E-state index is 14.1. The predicted molar refractivity (Wildman–Crippen MR) is 82.8 cm³/mol. The maximum Gasteiger partial charge on any atom is 0.129 e. The van der Waals surface area contributed by atoms with Gasteiger partial charge in [-0.2, -0.15) is 0 Å². The molecule has 1 aromatic carbocycles. The van der Waals surface area contributed by atoms with Crippen molar-refractivity contribution in [1.29, 1.82) is 0 Å². The minimum atomic E-state index is -0.148. The van der Waals surface area contributed by atoms with E-state index in [9.17, 15) is 4.39 Å². The first-order valence-electron chi connectivity index (χ1n) is 7.35. The quantitative estimate of drug-likeness (QED) is 0.704. The van der Waals surface area contributed by atoms with E-state index in [1.54, 1.807) is 13.2 Å². The molecule has 20 heavy (non-hydrogen) atoms. The molecule has 1 rings (SSSR count). The maximum atomic E-state index is 14.1. The highest BCUT2D eigenvalue weighted by Gasteiger charge is 2.16. The number of methoxy groups -OCH3 is 1. The van der Waals surface area contributed by atoms with Crippen molar-refractivity contribution in [3.63, 3.8) is 0 Å². The molecule has 0 aliphatic rings. The van der Waals surface area contributed by atoms with Crippen molar-refractivity contribution in [3.05, 3.63) is 29.6 Å². The number of hydrogen-bond donors (Lipinski definition) is 1. The lowest BCUT2D eigenvalue weighted by Crippen LogP contribution is -2.32. The first-order chi connectivity index (χ1) is 9.65. The lowest BCUT2D eigenvalue weighted by atomic mass is 10.1. The molecule has 0 aromatic heterocycles. The van der Waals surface area contributed by atoms with E-state index in [-0.39, 0.29) is 5.82 Å². The van der Waals surface area contributed by atoms with Crippen molar-refractivity contribution in [1.82, 2.24) is 5.32 Å². The van der Waals surface area contributed by atoms with Gasteiger partial charge in [0.05, 0.1) is 6.61 Å². The van der Waals surface area contributed by atoms with Gasteiger partial charge in [0, 0.05) is 44.5 Å². The second-order valence-electron chi connectivity index (χ2n) is 4.99. The normalized spacial score (nSPS) is 11.1. The molecule has 0 saturated heterocycles. The SMILES string of the molecule is CCC(CC)N(C)c1cccc(F)c1CNCCOC. The standard InChI is InChI=1S/C16H27FN2O/c1-5-13(6-2)19(3)16-9-7-8-15(17)14(16)12-18-10-11-20-4/h7-9,13,18H,5-6,10-12H2,1-4H3. The molecule has 4 heteroatoms. The van der Waals surface area contributed by atoms with Crippen LogP contribution in [0.4, 0.5) is 10.1 Å². The van der Waals surface area contributed by atoms with Crippen molar-refractivity contribution in [3.8, 4) is 0 Å². The highest BCUT2D eigenvalue weighted by Crippen LogP contribution is 2.25. The van der Waals surface area contributed by atoms with Gasteiger partial charge in [-0.3, -0.25) is 0 Å². The summed E-state index contributed by atoms with van der Waals surface area (Å²) in [6.45, 7) is 6.21. The average molecular weight is 282 g/mol. The van der Waals surface area contributed by atoms with E-state index < -0.39 is 0 Å². The Bertz CT molecular complexity index is 394. The van der Waals surface area contributed by atoms with Crippen molar-refractivity contribution in [2.75, 3.05) is 32.2 Å². The Hall–Kier alpha value is -1.13. The smallest absolute Gasteiger partial charge is 0.129 e. The Balaban J connectivity index is 2.86. The van der Waals surface area contributed by atoms with Gasteiger partial charge in [0.25, 0.3) is 0 Å². The third-order valence-electron chi connectivity index (χ3n) is 3.75. The molecule has 0 unspecified atom stereocenters. The second-order valence-corrected chi connectivity index (χ2v) is 4.99. The fourth-order valence-corrected chi connectivity index (χ4v) is 2.47. The van der Waals surface area contributed by atoms with E-state index >= 15 is 0 Å². The van der Waals surface area contributed by atoms with Crippen molar-refractivity contribution < 1.29 is 9.13 Å². The van der Waals surface area contributed by atoms with Gasteiger partial charge in [0.2, 0.25) is 0 Å². The van der Waals surface area contributed by atoms with Gasteiger partial charge in [-0.25, -0.2) is 4.39 Å². The highest BCUT2D eigenvalue weighted by molar-refractivity contribution is 5.54. The minimum Gasteiger partial charge on any atom is -0.383 e. The zero-order valence-electron chi connectivity index (χ0n) is 13.1. The molecule has 0 heterocycles. The van der Waals surface area contributed by atoms with Crippen LogP contribution in [-0.2, 0) is 11.3 Å². The van der Waals surface area contributed by atoms with Gasteiger partial charge in [-0.15, -0.1) is 0 Å². The van der Waals surface area contributed by atoms with Crippen LogP contribution in [0.5, 0.6) is 0 Å². The minimum absolute atomic E-state index is 0.148. The molecule has 0 aliphatic carbocycles. The molecule has 0 atom stereocenters. The number of hydrogen-bond acceptors (Lipinski definition) is 3. The van der Waals surface area contributed by atoms with Crippen LogP contribution in [0.3, 0.4) is 0 Å². The van der Waals surface area contributed by atoms with E-state index in [1.807, 2.05) is 13.1 Å². The van der Waals surface area contributed by atoms with E-state index in [0.717, 1.165) is 30.6 Å². The lowest BCUT2D eigenvalue weighted by Gasteiger charge is -2.30. The fourth-order valence-electron chi connectivity index (χ4n) is 2.47. The first-order valence-corrected chi connectivity index (χ1v) is 7.35. The molecule has 0 spiro atoms. The summed E-state index contributed by atoms with van der Waals surface area (Å²) in [6, 6.07) is 5.74. The zero-order chi connectivity index (χ0) is 15.0. The van der Waals surface area contributed by atoms with Crippen LogP contribution in [0.1, 0.15) is 32.3 Å². The summed E-state index contributed by atoms with van der Waals surface area (Å²) in [5.74, 6) is -0.148. The van der Waals surface area contributed by atoms with Crippen LogP contribution in [0.2, 0.25) is 0 Å². The van der Waals surface area contributed by atoms with E-state index in [2.05, 4.69) is 24.1 Å². The third-order valence-corrected chi connectivity index (χ3v) is 3.75. The molecule has 114 valence electrons. The summed E-state index contributed by atoms with van der Waals surface area (Å²) in [7, 11) is 3.71. The average Bonchev–Trinajstić information content (AvgIpc) is 2.46. The first kappa shape index (κ1) is 16.9. The fraction of sp³-hybridized carbons (Fsp3) is 0.625. The molecule has 3 nitrogen and oxygen atoms in total. The molecule has 0 saturated carbocycles. The molecule has 0 aliphatic heterocycles. The molecule has 1 aromatic rings. The largest absolute Gasteiger partial charge is 0.383 e. The molecule has 0 amide bonds. The van der Waals surface area contributed by atoms with E-state index in [4.69, 9.17) is 4.74 Å². The van der Waals surface area contributed by atoms with Crippen LogP contribution in [-0.4, -0.2) is 33.4 Å².